The highest BCUT2D eigenvalue weighted by atomic mass is 16.3. The van der Waals surface area contributed by atoms with Gasteiger partial charge in [0.25, 0.3) is 0 Å². The summed E-state index contributed by atoms with van der Waals surface area (Å²) >= 11 is 0. The van der Waals surface area contributed by atoms with Crippen molar-refractivity contribution in [3.63, 3.8) is 0 Å². The standard InChI is InChI=1S/C9H16N2O2/c10-11-9(13)7-3-5-1-2-6(4-7)8(5)12/h5-8,12H,1-4,10H2,(H,11,13)/t5-,6-,7?,8?/m1/s1. The van der Waals surface area contributed by atoms with E-state index in [2.05, 4.69) is 5.43 Å². The molecule has 0 spiro atoms. The van der Waals surface area contributed by atoms with Crippen molar-refractivity contribution in [2.45, 2.75) is 31.8 Å². The monoisotopic (exact) mass is 184 g/mol. The first-order valence-electron chi connectivity index (χ1n) is 4.91. The maximum absolute atomic E-state index is 11.3. The van der Waals surface area contributed by atoms with Crippen molar-refractivity contribution in [3.8, 4) is 0 Å². The fraction of sp³-hybridized carbons (Fsp3) is 0.889. The van der Waals surface area contributed by atoms with E-state index < -0.39 is 0 Å². The summed E-state index contributed by atoms with van der Waals surface area (Å²) in [6.07, 6.45) is 3.59. The van der Waals surface area contributed by atoms with Gasteiger partial charge in [0.1, 0.15) is 0 Å². The average molecular weight is 184 g/mol. The van der Waals surface area contributed by atoms with Crippen molar-refractivity contribution in [2.24, 2.45) is 23.6 Å². The molecule has 0 radical (unpaired) electrons. The van der Waals surface area contributed by atoms with Crippen molar-refractivity contribution >= 4 is 5.91 Å². The number of hydrogen-bond acceptors (Lipinski definition) is 3. The highest BCUT2D eigenvalue weighted by Gasteiger charge is 2.43. The first kappa shape index (κ1) is 8.97. The lowest BCUT2D eigenvalue weighted by Crippen LogP contribution is -2.41. The van der Waals surface area contributed by atoms with Gasteiger partial charge in [-0.05, 0) is 37.5 Å². The van der Waals surface area contributed by atoms with Crippen molar-refractivity contribution in [1.82, 2.24) is 5.43 Å². The molecule has 2 fully saturated rings. The second kappa shape index (κ2) is 3.27. The molecule has 13 heavy (non-hydrogen) atoms. The summed E-state index contributed by atoms with van der Waals surface area (Å²) < 4.78 is 0. The molecule has 1 amide bonds. The first-order chi connectivity index (χ1) is 6.22. The smallest absolute Gasteiger partial charge is 0.237 e. The minimum absolute atomic E-state index is 0.0332. The van der Waals surface area contributed by atoms with Crippen molar-refractivity contribution in [3.05, 3.63) is 0 Å². The van der Waals surface area contributed by atoms with Crippen LogP contribution in [0.15, 0.2) is 0 Å². The van der Waals surface area contributed by atoms with Crippen LogP contribution in [-0.2, 0) is 4.79 Å². The molecular formula is C9H16N2O2. The summed E-state index contributed by atoms with van der Waals surface area (Å²) in [7, 11) is 0. The molecule has 0 aromatic heterocycles. The van der Waals surface area contributed by atoms with Crippen LogP contribution in [0.3, 0.4) is 0 Å². The molecule has 4 N–H and O–H groups in total. The van der Waals surface area contributed by atoms with E-state index in [4.69, 9.17) is 5.84 Å². The predicted molar refractivity (Wildman–Crippen MR) is 47.3 cm³/mol. The van der Waals surface area contributed by atoms with E-state index in [0.29, 0.717) is 11.8 Å². The number of nitrogens with two attached hydrogens (primary N) is 1. The van der Waals surface area contributed by atoms with Gasteiger partial charge in [-0.15, -0.1) is 0 Å². The molecule has 0 saturated heterocycles. The summed E-state index contributed by atoms with van der Waals surface area (Å²) in [6.45, 7) is 0. The number of carbonyl (C=O) groups is 1. The van der Waals surface area contributed by atoms with Crippen LogP contribution in [0.1, 0.15) is 25.7 Å². The van der Waals surface area contributed by atoms with Crippen molar-refractivity contribution in [2.75, 3.05) is 0 Å². The number of hydrogen-bond donors (Lipinski definition) is 3. The Hall–Kier alpha value is -0.610. The lowest BCUT2D eigenvalue weighted by molar-refractivity contribution is -0.128. The lowest BCUT2D eigenvalue weighted by Gasteiger charge is -2.30. The van der Waals surface area contributed by atoms with Gasteiger partial charge in [-0.2, -0.15) is 0 Å². The molecule has 0 aliphatic heterocycles. The van der Waals surface area contributed by atoms with Gasteiger partial charge in [0.05, 0.1) is 6.10 Å². The minimum Gasteiger partial charge on any atom is -0.393 e. The second-order valence-electron chi connectivity index (χ2n) is 4.27. The van der Waals surface area contributed by atoms with Crippen molar-refractivity contribution in [1.29, 1.82) is 0 Å². The third-order valence-electron chi connectivity index (χ3n) is 3.56. The molecular weight excluding hydrogens is 168 g/mol. The second-order valence-corrected chi connectivity index (χ2v) is 4.27. The Morgan fingerprint density at radius 1 is 1.31 bits per heavy atom. The molecule has 0 aromatic carbocycles. The molecule has 2 bridgehead atoms. The van der Waals surface area contributed by atoms with Gasteiger partial charge in [0.2, 0.25) is 5.91 Å². The van der Waals surface area contributed by atoms with Gasteiger partial charge in [-0.25, -0.2) is 5.84 Å². The minimum atomic E-state index is -0.165. The summed E-state index contributed by atoms with van der Waals surface area (Å²) in [4.78, 5) is 11.3. The molecule has 4 heteroatoms. The van der Waals surface area contributed by atoms with Crippen LogP contribution in [0.5, 0.6) is 0 Å². The molecule has 0 unspecified atom stereocenters. The molecule has 2 atom stereocenters. The van der Waals surface area contributed by atoms with Crippen LogP contribution >= 0.6 is 0 Å². The Morgan fingerprint density at radius 3 is 2.31 bits per heavy atom. The Kier molecular flexibility index (Phi) is 2.26. The van der Waals surface area contributed by atoms with Crippen molar-refractivity contribution < 1.29 is 9.90 Å². The maximum Gasteiger partial charge on any atom is 0.237 e. The highest BCUT2D eigenvalue weighted by molar-refractivity contribution is 5.78. The fourth-order valence-electron chi connectivity index (χ4n) is 2.83. The summed E-state index contributed by atoms with van der Waals surface area (Å²) in [5, 5.41) is 9.72. The van der Waals surface area contributed by atoms with Gasteiger partial charge in [-0.1, -0.05) is 0 Å². The average Bonchev–Trinajstić information content (AvgIpc) is 2.42. The quantitative estimate of drug-likeness (QED) is 0.299. The molecule has 0 aromatic rings. The number of rotatable bonds is 1. The van der Waals surface area contributed by atoms with E-state index in [1.807, 2.05) is 0 Å². The third kappa shape index (κ3) is 1.44. The number of nitrogens with one attached hydrogen (secondary N) is 1. The lowest BCUT2D eigenvalue weighted by atomic mass is 9.78. The SMILES string of the molecule is NNC(=O)C1C[C@H]2CC[C@H](C1)C2O. The zero-order valence-corrected chi connectivity index (χ0v) is 7.57. The van der Waals surface area contributed by atoms with E-state index in [9.17, 15) is 9.90 Å². The van der Waals surface area contributed by atoms with E-state index in [-0.39, 0.29) is 17.9 Å². The number of aliphatic hydroxyl groups excluding tert-OH is 1. The number of carbonyl (C=O) groups excluding carboxylic acids is 1. The number of aliphatic hydroxyl groups is 1. The summed E-state index contributed by atoms with van der Waals surface area (Å²) in [5.74, 6) is 5.72. The normalized spacial score (nSPS) is 43.2. The van der Waals surface area contributed by atoms with Gasteiger partial charge in [-0.3, -0.25) is 10.2 Å². The molecule has 2 saturated carbocycles. The summed E-state index contributed by atoms with van der Waals surface area (Å²) in [6, 6.07) is 0. The van der Waals surface area contributed by atoms with Gasteiger partial charge in [0.15, 0.2) is 0 Å². The fourth-order valence-corrected chi connectivity index (χ4v) is 2.83. The van der Waals surface area contributed by atoms with Gasteiger partial charge >= 0.3 is 0 Å². The van der Waals surface area contributed by atoms with E-state index in [1.54, 1.807) is 0 Å². The maximum atomic E-state index is 11.3. The Balaban J connectivity index is 2.02. The predicted octanol–water partition coefficient (Wildman–Crippen LogP) is -0.227. The van der Waals surface area contributed by atoms with Crippen LogP contribution in [0.2, 0.25) is 0 Å². The van der Waals surface area contributed by atoms with Crippen LogP contribution in [0.25, 0.3) is 0 Å². The largest absolute Gasteiger partial charge is 0.393 e. The Morgan fingerprint density at radius 2 is 1.85 bits per heavy atom. The molecule has 2 rings (SSSR count). The topological polar surface area (TPSA) is 75.3 Å². The highest BCUT2D eigenvalue weighted by Crippen LogP contribution is 2.44. The Labute approximate surface area is 77.5 Å². The zero-order valence-electron chi connectivity index (χ0n) is 7.57. The van der Waals surface area contributed by atoms with Gasteiger partial charge < -0.3 is 5.11 Å². The number of hydrazine groups is 1. The molecule has 0 heterocycles. The van der Waals surface area contributed by atoms with Crippen LogP contribution in [0, 0.1) is 17.8 Å². The molecule has 4 nitrogen and oxygen atoms in total. The molecule has 2 aliphatic rings. The van der Waals surface area contributed by atoms with Gasteiger partial charge in [0, 0.05) is 5.92 Å². The number of amides is 1. The molecule has 2 aliphatic carbocycles. The summed E-state index contributed by atoms with van der Waals surface area (Å²) in [5.41, 5.74) is 2.20. The van der Waals surface area contributed by atoms with Crippen LogP contribution in [-0.4, -0.2) is 17.1 Å². The van der Waals surface area contributed by atoms with E-state index >= 15 is 0 Å². The number of fused-ring (bicyclic) bond motifs is 2. The third-order valence-corrected chi connectivity index (χ3v) is 3.56. The van der Waals surface area contributed by atoms with Crippen LogP contribution < -0.4 is 11.3 Å². The zero-order chi connectivity index (χ0) is 9.42. The van der Waals surface area contributed by atoms with E-state index in [0.717, 1.165) is 25.7 Å². The first-order valence-corrected chi connectivity index (χ1v) is 4.91. The Bertz CT molecular complexity index is 206. The van der Waals surface area contributed by atoms with Crippen LogP contribution in [0.4, 0.5) is 0 Å². The van der Waals surface area contributed by atoms with E-state index in [1.165, 1.54) is 0 Å². The molecule has 74 valence electrons.